The van der Waals surface area contributed by atoms with Gasteiger partial charge < -0.3 is 25.3 Å². The van der Waals surface area contributed by atoms with E-state index in [2.05, 4.69) is 11.4 Å². The molecule has 1 amide bonds. The van der Waals surface area contributed by atoms with Gasteiger partial charge in [0.05, 0.1) is 19.2 Å². The molecule has 0 heterocycles. The second-order valence-corrected chi connectivity index (χ2v) is 6.05. The van der Waals surface area contributed by atoms with Crippen molar-refractivity contribution in [2.75, 3.05) is 27.4 Å². The van der Waals surface area contributed by atoms with Crippen molar-refractivity contribution in [3.8, 4) is 17.2 Å². The number of hydrogen-bond acceptors (Lipinski definition) is 5. The van der Waals surface area contributed by atoms with E-state index in [0.717, 1.165) is 24.3 Å². The lowest BCUT2D eigenvalue weighted by Crippen LogP contribution is -2.20. The number of hydrogen-bond donors (Lipinski definition) is 2. The van der Waals surface area contributed by atoms with E-state index in [4.69, 9.17) is 31.5 Å². The van der Waals surface area contributed by atoms with Gasteiger partial charge in [-0.05, 0) is 48.4 Å². The SMILES string of the molecule is COc1cccc(CCNCc2cc(Cl)c(OCC(N)=O)c(OC)c2)c1. The van der Waals surface area contributed by atoms with E-state index < -0.39 is 5.91 Å². The third-order valence-electron chi connectivity index (χ3n) is 3.70. The van der Waals surface area contributed by atoms with Crippen molar-refractivity contribution in [3.63, 3.8) is 0 Å². The smallest absolute Gasteiger partial charge is 0.255 e. The van der Waals surface area contributed by atoms with E-state index in [-0.39, 0.29) is 6.61 Å². The zero-order valence-electron chi connectivity index (χ0n) is 14.9. The predicted octanol–water partition coefficient (Wildman–Crippen LogP) is 2.55. The van der Waals surface area contributed by atoms with Crippen LogP contribution in [0.2, 0.25) is 5.02 Å². The third kappa shape index (κ3) is 5.82. The first-order valence-electron chi connectivity index (χ1n) is 8.14. The highest BCUT2D eigenvalue weighted by Crippen LogP contribution is 2.36. The molecule has 0 atom stereocenters. The monoisotopic (exact) mass is 378 g/mol. The molecule has 2 aromatic rings. The average Bonchev–Trinajstić information content (AvgIpc) is 2.64. The standard InChI is InChI=1S/C19H23ClN2O4/c1-24-15-5-3-4-13(8-15)6-7-22-11-14-9-16(20)19(17(10-14)25-2)26-12-18(21)23/h3-5,8-10,22H,6-7,11-12H2,1-2H3,(H2,21,23). The van der Waals surface area contributed by atoms with Gasteiger partial charge in [0.25, 0.3) is 5.91 Å². The molecule has 0 saturated carbocycles. The maximum atomic E-state index is 10.9. The molecular formula is C19H23ClN2O4. The molecule has 0 aliphatic heterocycles. The van der Waals surface area contributed by atoms with Crippen LogP contribution in [0.15, 0.2) is 36.4 Å². The van der Waals surface area contributed by atoms with Crippen molar-refractivity contribution in [1.82, 2.24) is 5.32 Å². The van der Waals surface area contributed by atoms with Crippen molar-refractivity contribution in [2.45, 2.75) is 13.0 Å². The number of primary amides is 1. The van der Waals surface area contributed by atoms with Crippen molar-refractivity contribution in [1.29, 1.82) is 0 Å². The maximum absolute atomic E-state index is 10.9. The first-order valence-corrected chi connectivity index (χ1v) is 8.52. The molecular weight excluding hydrogens is 356 g/mol. The number of halogens is 1. The minimum atomic E-state index is -0.577. The summed E-state index contributed by atoms with van der Waals surface area (Å²) >= 11 is 6.24. The molecule has 0 aliphatic rings. The van der Waals surface area contributed by atoms with Crippen LogP contribution in [0.25, 0.3) is 0 Å². The quantitative estimate of drug-likeness (QED) is 0.621. The fraction of sp³-hybridized carbons (Fsp3) is 0.316. The first-order chi connectivity index (χ1) is 12.5. The molecule has 0 aromatic heterocycles. The van der Waals surface area contributed by atoms with Crippen LogP contribution in [0.5, 0.6) is 17.2 Å². The molecule has 26 heavy (non-hydrogen) atoms. The topological polar surface area (TPSA) is 82.8 Å². The number of benzene rings is 2. The number of carbonyl (C=O) groups excluding carboxylic acids is 1. The normalized spacial score (nSPS) is 10.4. The summed E-state index contributed by atoms with van der Waals surface area (Å²) in [7, 11) is 3.17. The second kappa shape index (κ2) is 9.89. The highest BCUT2D eigenvalue weighted by Gasteiger charge is 2.13. The summed E-state index contributed by atoms with van der Waals surface area (Å²) in [5, 5.41) is 3.74. The Balaban J connectivity index is 1.92. The maximum Gasteiger partial charge on any atom is 0.255 e. The van der Waals surface area contributed by atoms with Gasteiger partial charge in [0, 0.05) is 6.54 Å². The number of methoxy groups -OCH3 is 2. The Bertz CT molecular complexity index is 752. The van der Waals surface area contributed by atoms with Gasteiger partial charge in [0.1, 0.15) is 5.75 Å². The third-order valence-corrected chi connectivity index (χ3v) is 3.98. The van der Waals surface area contributed by atoms with Crippen LogP contribution in [0, 0.1) is 0 Å². The molecule has 3 N–H and O–H groups in total. The summed E-state index contributed by atoms with van der Waals surface area (Å²) in [6, 6.07) is 11.6. The molecule has 0 spiro atoms. The van der Waals surface area contributed by atoms with Crippen LogP contribution in [0.4, 0.5) is 0 Å². The number of nitrogens with one attached hydrogen (secondary N) is 1. The van der Waals surface area contributed by atoms with Crippen LogP contribution < -0.4 is 25.3 Å². The van der Waals surface area contributed by atoms with Gasteiger partial charge in [-0.15, -0.1) is 0 Å². The van der Waals surface area contributed by atoms with Gasteiger partial charge in [-0.3, -0.25) is 4.79 Å². The van der Waals surface area contributed by atoms with Crippen LogP contribution >= 0.6 is 11.6 Å². The minimum absolute atomic E-state index is 0.256. The Morgan fingerprint density at radius 1 is 1.15 bits per heavy atom. The molecule has 0 radical (unpaired) electrons. The Labute approximate surface area is 158 Å². The van der Waals surface area contributed by atoms with Gasteiger partial charge in [-0.25, -0.2) is 0 Å². The zero-order valence-corrected chi connectivity index (χ0v) is 15.6. The molecule has 0 unspecified atom stereocenters. The number of nitrogens with two attached hydrogens (primary N) is 1. The summed E-state index contributed by atoms with van der Waals surface area (Å²) in [5.41, 5.74) is 7.24. The molecule has 140 valence electrons. The molecule has 2 aromatic carbocycles. The average molecular weight is 379 g/mol. The van der Waals surface area contributed by atoms with Gasteiger partial charge >= 0.3 is 0 Å². The van der Waals surface area contributed by atoms with Gasteiger partial charge in [0.2, 0.25) is 0 Å². The fourth-order valence-corrected chi connectivity index (χ4v) is 2.74. The highest BCUT2D eigenvalue weighted by molar-refractivity contribution is 6.32. The number of amides is 1. The lowest BCUT2D eigenvalue weighted by atomic mass is 10.1. The first kappa shape index (κ1) is 19.9. The second-order valence-electron chi connectivity index (χ2n) is 5.64. The summed E-state index contributed by atoms with van der Waals surface area (Å²) in [4.78, 5) is 10.9. The summed E-state index contributed by atoms with van der Waals surface area (Å²) in [6.07, 6.45) is 0.877. The van der Waals surface area contributed by atoms with Crippen molar-refractivity contribution >= 4 is 17.5 Å². The van der Waals surface area contributed by atoms with E-state index in [9.17, 15) is 4.79 Å². The van der Waals surface area contributed by atoms with E-state index in [1.165, 1.54) is 12.7 Å². The Morgan fingerprint density at radius 3 is 2.65 bits per heavy atom. The predicted molar refractivity (Wildman–Crippen MR) is 101 cm³/mol. The van der Waals surface area contributed by atoms with E-state index in [0.29, 0.717) is 23.1 Å². The van der Waals surface area contributed by atoms with Crippen LogP contribution in [0.1, 0.15) is 11.1 Å². The van der Waals surface area contributed by atoms with E-state index in [1.54, 1.807) is 13.2 Å². The Kier molecular flexibility index (Phi) is 7.56. The Hall–Kier alpha value is -2.44. The molecule has 7 heteroatoms. The number of carbonyl (C=O) groups is 1. The summed E-state index contributed by atoms with van der Waals surface area (Å²) < 4.78 is 15.8. The summed E-state index contributed by atoms with van der Waals surface area (Å²) in [6.45, 7) is 1.16. The molecule has 0 aliphatic carbocycles. The lowest BCUT2D eigenvalue weighted by Gasteiger charge is -2.14. The molecule has 0 bridgehead atoms. The lowest BCUT2D eigenvalue weighted by molar-refractivity contribution is -0.119. The van der Waals surface area contributed by atoms with Gasteiger partial charge in [-0.2, -0.15) is 0 Å². The van der Waals surface area contributed by atoms with Crippen LogP contribution in [-0.4, -0.2) is 33.3 Å². The molecule has 0 fully saturated rings. The highest BCUT2D eigenvalue weighted by atomic mass is 35.5. The van der Waals surface area contributed by atoms with Gasteiger partial charge in [0.15, 0.2) is 18.1 Å². The summed E-state index contributed by atoms with van der Waals surface area (Å²) in [5.74, 6) is 1.05. The molecule has 6 nitrogen and oxygen atoms in total. The number of ether oxygens (including phenoxy) is 3. The van der Waals surface area contributed by atoms with Crippen molar-refractivity contribution in [3.05, 3.63) is 52.5 Å². The van der Waals surface area contributed by atoms with Gasteiger partial charge in [-0.1, -0.05) is 23.7 Å². The minimum Gasteiger partial charge on any atom is -0.497 e. The molecule has 2 rings (SSSR count). The fourth-order valence-electron chi connectivity index (χ4n) is 2.45. The van der Waals surface area contributed by atoms with E-state index in [1.807, 2.05) is 24.3 Å². The Morgan fingerprint density at radius 2 is 1.96 bits per heavy atom. The van der Waals surface area contributed by atoms with Crippen molar-refractivity contribution in [2.24, 2.45) is 5.73 Å². The number of rotatable bonds is 10. The molecule has 0 saturated heterocycles. The van der Waals surface area contributed by atoms with Crippen LogP contribution in [0.3, 0.4) is 0 Å². The largest absolute Gasteiger partial charge is 0.497 e. The zero-order chi connectivity index (χ0) is 18.9. The van der Waals surface area contributed by atoms with Crippen molar-refractivity contribution < 1.29 is 19.0 Å². The van der Waals surface area contributed by atoms with E-state index >= 15 is 0 Å². The van der Waals surface area contributed by atoms with Crippen LogP contribution in [-0.2, 0) is 17.8 Å².